The third-order valence-electron chi connectivity index (χ3n) is 4.65. The molecule has 1 aromatic carbocycles. The Morgan fingerprint density at radius 3 is 2.76 bits per heavy atom. The number of rotatable bonds is 8. The van der Waals surface area contributed by atoms with E-state index < -0.39 is 0 Å². The second-order valence-corrected chi connectivity index (χ2v) is 8.24. The highest BCUT2D eigenvalue weighted by Crippen LogP contribution is 2.27. The summed E-state index contributed by atoms with van der Waals surface area (Å²) in [6.45, 7) is 7.04. The van der Waals surface area contributed by atoms with Gasteiger partial charge in [-0.3, -0.25) is 4.79 Å². The maximum absolute atomic E-state index is 12.7. The number of pyridine rings is 1. The first kappa shape index (κ1) is 21.3. The lowest BCUT2D eigenvalue weighted by Crippen LogP contribution is -2.29. The van der Waals surface area contributed by atoms with Crippen LogP contribution in [0.5, 0.6) is 0 Å². The molecule has 0 fully saturated rings. The summed E-state index contributed by atoms with van der Waals surface area (Å²) in [7, 11) is 2.73. The lowest BCUT2D eigenvalue weighted by molar-refractivity contribution is 0.0951. The summed E-state index contributed by atoms with van der Waals surface area (Å²) >= 11 is 1.51. The lowest BCUT2D eigenvalue weighted by atomic mass is 10.2. The van der Waals surface area contributed by atoms with Crippen molar-refractivity contribution >= 4 is 37.9 Å². The normalized spacial score (nSPS) is 10.8. The fourth-order valence-electron chi connectivity index (χ4n) is 2.84. The zero-order valence-corrected chi connectivity index (χ0v) is 18.8. The fourth-order valence-corrected chi connectivity index (χ4v) is 4.25. The summed E-state index contributed by atoms with van der Waals surface area (Å²) in [5.74, 6) is 1.33. The Labute approximate surface area is 177 Å². The maximum Gasteiger partial charge on any atom is 0.254 e. The molecule has 0 aliphatic carbocycles. The minimum Gasteiger partial charge on any atom is -0.383 e. The van der Waals surface area contributed by atoms with Crippen LogP contribution < -0.4 is 15.9 Å². The predicted molar refractivity (Wildman–Crippen MR) is 121 cm³/mol. The molecule has 0 radical (unpaired) electrons. The van der Waals surface area contributed by atoms with Crippen LogP contribution in [-0.2, 0) is 5.75 Å². The van der Waals surface area contributed by atoms with Gasteiger partial charge in [0.1, 0.15) is 10.8 Å². The average Bonchev–Trinajstić information content (AvgIpc) is 3.04. The minimum atomic E-state index is -0.127. The molecule has 29 heavy (non-hydrogen) atoms. The molecule has 3 aromatic rings. The highest BCUT2D eigenvalue weighted by molar-refractivity contribution is 7.98. The van der Waals surface area contributed by atoms with E-state index in [0.717, 1.165) is 28.0 Å². The van der Waals surface area contributed by atoms with Gasteiger partial charge in [-0.2, -0.15) is 0 Å². The van der Waals surface area contributed by atoms with Gasteiger partial charge in [-0.25, -0.2) is 4.98 Å². The standard InChI is InChI=1S/C21H25N4O2PS/c1-13-18(7-4-8-19(13)28)22-10-11-23-20(26)16-6-5-9-24-21(16)29-12-17-14(2)25-27-15(17)3/h4-9,22H,10-12,28H2,1-3H3,(H,23,26). The number of aryl methyl sites for hydroxylation is 2. The molecule has 0 aliphatic heterocycles. The molecule has 0 spiro atoms. The van der Waals surface area contributed by atoms with Gasteiger partial charge in [-0.05, 0) is 49.8 Å². The van der Waals surface area contributed by atoms with Crippen molar-refractivity contribution in [1.82, 2.24) is 15.5 Å². The van der Waals surface area contributed by atoms with E-state index in [4.69, 9.17) is 4.52 Å². The number of hydrogen-bond acceptors (Lipinski definition) is 6. The number of anilines is 1. The number of carbonyl (C=O) groups is 1. The Morgan fingerprint density at radius 2 is 2.00 bits per heavy atom. The number of benzene rings is 1. The maximum atomic E-state index is 12.7. The highest BCUT2D eigenvalue weighted by Gasteiger charge is 2.15. The Hall–Kier alpha value is -2.37. The van der Waals surface area contributed by atoms with Crippen LogP contribution in [0.25, 0.3) is 0 Å². The number of hydrogen-bond donors (Lipinski definition) is 2. The second-order valence-electron chi connectivity index (χ2n) is 6.65. The van der Waals surface area contributed by atoms with Crippen molar-refractivity contribution in [2.45, 2.75) is 31.6 Å². The van der Waals surface area contributed by atoms with Gasteiger partial charge in [0.15, 0.2) is 0 Å². The van der Waals surface area contributed by atoms with Crippen LogP contribution in [0.15, 0.2) is 46.1 Å². The average molecular weight is 428 g/mol. The molecule has 152 valence electrons. The molecular weight excluding hydrogens is 403 g/mol. The van der Waals surface area contributed by atoms with Gasteiger partial charge in [0.2, 0.25) is 0 Å². The molecular formula is C21H25N4O2PS. The van der Waals surface area contributed by atoms with Crippen molar-refractivity contribution in [1.29, 1.82) is 0 Å². The Morgan fingerprint density at radius 1 is 1.17 bits per heavy atom. The van der Waals surface area contributed by atoms with Gasteiger partial charge in [0.25, 0.3) is 5.91 Å². The first-order valence-corrected chi connectivity index (χ1v) is 10.9. The zero-order valence-electron chi connectivity index (χ0n) is 16.8. The van der Waals surface area contributed by atoms with Crippen LogP contribution in [0, 0.1) is 20.8 Å². The van der Waals surface area contributed by atoms with E-state index in [1.54, 1.807) is 18.3 Å². The molecule has 0 saturated heterocycles. The number of aromatic nitrogens is 2. The summed E-state index contributed by atoms with van der Waals surface area (Å²) in [5.41, 5.74) is 4.75. The quantitative estimate of drug-likeness (QED) is 0.324. The van der Waals surface area contributed by atoms with Crippen LogP contribution in [-0.4, -0.2) is 29.1 Å². The first-order valence-electron chi connectivity index (χ1n) is 9.34. The second kappa shape index (κ2) is 9.90. The molecule has 8 heteroatoms. The monoisotopic (exact) mass is 428 g/mol. The molecule has 1 unspecified atom stereocenters. The molecule has 1 atom stereocenters. The van der Waals surface area contributed by atoms with Crippen molar-refractivity contribution in [3.05, 3.63) is 64.7 Å². The van der Waals surface area contributed by atoms with Gasteiger partial charge >= 0.3 is 0 Å². The Kier molecular flexibility index (Phi) is 7.29. The number of nitrogens with zero attached hydrogens (tertiary/aromatic N) is 2. The largest absolute Gasteiger partial charge is 0.383 e. The fraction of sp³-hybridized carbons (Fsp3) is 0.286. The topological polar surface area (TPSA) is 80.0 Å². The molecule has 3 rings (SSSR count). The number of thioether (sulfide) groups is 1. The van der Waals surface area contributed by atoms with Gasteiger partial charge in [0, 0.05) is 36.3 Å². The van der Waals surface area contributed by atoms with E-state index in [1.807, 2.05) is 26.0 Å². The third kappa shape index (κ3) is 5.37. The van der Waals surface area contributed by atoms with Crippen molar-refractivity contribution in [2.24, 2.45) is 0 Å². The Bertz CT molecular complexity index is 987. The van der Waals surface area contributed by atoms with E-state index in [0.29, 0.717) is 29.4 Å². The van der Waals surface area contributed by atoms with E-state index in [-0.39, 0.29) is 5.91 Å². The number of amides is 1. The zero-order chi connectivity index (χ0) is 20.8. The molecule has 2 N–H and O–H groups in total. The summed E-state index contributed by atoms with van der Waals surface area (Å²) < 4.78 is 5.21. The smallest absolute Gasteiger partial charge is 0.254 e. The summed E-state index contributed by atoms with van der Waals surface area (Å²) in [4.78, 5) is 17.1. The molecule has 2 heterocycles. The van der Waals surface area contributed by atoms with Crippen LogP contribution in [0.4, 0.5) is 5.69 Å². The molecule has 6 nitrogen and oxygen atoms in total. The SMILES string of the molecule is Cc1noc(C)c1CSc1ncccc1C(=O)NCCNc1cccc(P)c1C. The highest BCUT2D eigenvalue weighted by atomic mass is 32.2. The molecule has 0 bridgehead atoms. The van der Waals surface area contributed by atoms with Gasteiger partial charge in [0.05, 0.1) is 11.3 Å². The summed E-state index contributed by atoms with van der Waals surface area (Å²) in [6.07, 6.45) is 1.70. The van der Waals surface area contributed by atoms with E-state index in [9.17, 15) is 4.79 Å². The Balaban J connectivity index is 1.56. The van der Waals surface area contributed by atoms with Crippen LogP contribution in [0.2, 0.25) is 0 Å². The lowest BCUT2D eigenvalue weighted by Gasteiger charge is -2.12. The van der Waals surface area contributed by atoms with Gasteiger partial charge < -0.3 is 15.2 Å². The number of nitrogens with one attached hydrogen (secondary N) is 2. The van der Waals surface area contributed by atoms with Crippen LogP contribution in [0.1, 0.15) is 32.9 Å². The van der Waals surface area contributed by atoms with Gasteiger partial charge in [-0.1, -0.05) is 17.3 Å². The molecule has 2 aromatic heterocycles. The van der Waals surface area contributed by atoms with Gasteiger partial charge in [-0.15, -0.1) is 21.0 Å². The number of carbonyl (C=O) groups excluding carboxylic acids is 1. The molecule has 0 aliphatic rings. The van der Waals surface area contributed by atoms with Crippen LogP contribution >= 0.6 is 21.0 Å². The summed E-state index contributed by atoms with van der Waals surface area (Å²) in [6, 6.07) is 9.68. The van der Waals surface area contributed by atoms with Crippen molar-refractivity contribution in [3.8, 4) is 0 Å². The molecule has 1 amide bonds. The molecule has 0 saturated carbocycles. The van der Waals surface area contributed by atoms with E-state index in [1.165, 1.54) is 17.3 Å². The van der Waals surface area contributed by atoms with Crippen LogP contribution in [0.3, 0.4) is 0 Å². The third-order valence-corrected chi connectivity index (χ3v) is 6.31. The minimum absolute atomic E-state index is 0.127. The summed E-state index contributed by atoms with van der Waals surface area (Å²) in [5, 5.41) is 12.2. The van der Waals surface area contributed by atoms with E-state index >= 15 is 0 Å². The van der Waals surface area contributed by atoms with E-state index in [2.05, 4.69) is 43.0 Å². The van der Waals surface area contributed by atoms with Crippen molar-refractivity contribution in [3.63, 3.8) is 0 Å². The predicted octanol–water partition coefficient (Wildman–Crippen LogP) is 3.63. The van der Waals surface area contributed by atoms with Crippen molar-refractivity contribution < 1.29 is 9.32 Å². The first-order chi connectivity index (χ1) is 14.0. The van der Waals surface area contributed by atoms with Crippen molar-refractivity contribution in [2.75, 3.05) is 18.4 Å².